The molecule has 0 aliphatic carbocycles. The van der Waals surface area contributed by atoms with Crippen LogP contribution in [-0.2, 0) is 11.3 Å². The molecular formula is C14H22FNO. The van der Waals surface area contributed by atoms with E-state index in [4.69, 9.17) is 4.74 Å². The van der Waals surface area contributed by atoms with Crippen molar-refractivity contribution in [3.8, 4) is 0 Å². The molecule has 0 spiro atoms. The predicted molar refractivity (Wildman–Crippen MR) is 68.4 cm³/mol. The van der Waals surface area contributed by atoms with E-state index in [1.165, 1.54) is 6.07 Å². The lowest BCUT2D eigenvalue weighted by Crippen LogP contribution is -2.16. The van der Waals surface area contributed by atoms with Gasteiger partial charge in [0.15, 0.2) is 0 Å². The van der Waals surface area contributed by atoms with Crippen LogP contribution in [0.25, 0.3) is 0 Å². The molecule has 0 aliphatic heterocycles. The van der Waals surface area contributed by atoms with Crippen molar-refractivity contribution >= 4 is 0 Å². The van der Waals surface area contributed by atoms with Crippen molar-refractivity contribution in [1.82, 2.24) is 5.32 Å². The first kappa shape index (κ1) is 14.1. The summed E-state index contributed by atoms with van der Waals surface area (Å²) in [5, 5.41) is 3.24. The molecular weight excluding hydrogens is 217 g/mol. The fourth-order valence-corrected chi connectivity index (χ4v) is 1.54. The second-order valence-electron chi connectivity index (χ2n) is 4.39. The predicted octanol–water partition coefficient (Wildman–Crippen LogP) is 3.12. The van der Waals surface area contributed by atoms with Crippen molar-refractivity contribution < 1.29 is 9.13 Å². The third-order valence-electron chi connectivity index (χ3n) is 2.47. The topological polar surface area (TPSA) is 21.3 Å². The van der Waals surface area contributed by atoms with Gasteiger partial charge in [0.1, 0.15) is 5.82 Å². The zero-order valence-electron chi connectivity index (χ0n) is 10.7. The third kappa shape index (κ3) is 6.39. The first-order valence-electron chi connectivity index (χ1n) is 6.26. The fraction of sp³-hybridized carbons (Fsp3) is 0.571. The second-order valence-corrected chi connectivity index (χ2v) is 4.39. The van der Waals surface area contributed by atoms with Crippen molar-refractivity contribution in [2.45, 2.75) is 39.3 Å². The van der Waals surface area contributed by atoms with Gasteiger partial charge in [-0.05, 0) is 39.3 Å². The highest BCUT2D eigenvalue weighted by Gasteiger charge is 1.99. The molecule has 0 saturated carbocycles. The van der Waals surface area contributed by atoms with E-state index in [0.29, 0.717) is 12.6 Å². The number of hydrogen-bond donors (Lipinski definition) is 1. The molecule has 1 aromatic rings. The molecule has 0 atom stereocenters. The molecule has 1 N–H and O–H groups in total. The molecule has 0 heterocycles. The lowest BCUT2D eigenvalue weighted by molar-refractivity contribution is 0.0760. The van der Waals surface area contributed by atoms with Gasteiger partial charge in [0.05, 0.1) is 6.10 Å². The van der Waals surface area contributed by atoms with E-state index < -0.39 is 0 Å². The highest BCUT2D eigenvalue weighted by Crippen LogP contribution is 2.05. The molecule has 0 radical (unpaired) electrons. The molecule has 0 unspecified atom stereocenters. The minimum Gasteiger partial charge on any atom is -0.379 e. The Labute approximate surface area is 103 Å². The minimum absolute atomic E-state index is 0.136. The van der Waals surface area contributed by atoms with Gasteiger partial charge in [-0.15, -0.1) is 0 Å². The Morgan fingerprint density at radius 1 is 1.24 bits per heavy atom. The third-order valence-corrected chi connectivity index (χ3v) is 2.47. The van der Waals surface area contributed by atoms with Gasteiger partial charge in [-0.2, -0.15) is 0 Å². The summed E-state index contributed by atoms with van der Waals surface area (Å²) >= 11 is 0. The number of nitrogens with one attached hydrogen (secondary N) is 1. The number of rotatable bonds is 8. The second kappa shape index (κ2) is 8.20. The summed E-state index contributed by atoms with van der Waals surface area (Å²) in [5.74, 6) is -0.136. The number of unbranched alkanes of at least 4 members (excludes halogenated alkanes) is 1. The van der Waals surface area contributed by atoms with Crippen molar-refractivity contribution in [3.63, 3.8) is 0 Å². The summed E-state index contributed by atoms with van der Waals surface area (Å²) < 4.78 is 18.7. The van der Waals surface area contributed by atoms with Gasteiger partial charge < -0.3 is 10.1 Å². The van der Waals surface area contributed by atoms with Gasteiger partial charge in [0.2, 0.25) is 0 Å². The highest BCUT2D eigenvalue weighted by molar-refractivity contribution is 5.16. The van der Waals surface area contributed by atoms with Crippen molar-refractivity contribution in [1.29, 1.82) is 0 Å². The number of halogens is 1. The summed E-state index contributed by atoms with van der Waals surface area (Å²) in [6, 6.07) is 6.87. The van der Waals surface area contributed by atoms with Crippen LogP contribution in [0.5, 0.6) is 0 Å². The minimum atomic E-state index is -0.136. The molecule has 0 aliphatic rings. The van der Waals surface area contributed by atoms with Crippen LogP contribution in [0, 0.1) is 5.82 Å². The first-order chi connectivity index (χ1) is 8.20. The zero-order chi connectivity index (χ0) is 12.5. The van der Waals surface area contributed by atoms with Gasteiger partial charge in [0, 0.05) is 18.7 Å². The van der Waals surface area contributed by atoms with Crippen LogP contribution in [0.2, 0.25) is 0 Å². The fourth-order valence-electron chi connectivity index (χ4n) is 1.54. The van der Waals surface area contributed by atoms with Crippen LogP contribution in [0.3, 0.4) is 0 Å². The first-order valence-corrected chi connectivity index (χ1v) is 6.26. The Bertz CT molecular complexity index is 315. The van der Waals surface area contributed by atoms with E-state index in [9.17, 15) is 4.39 Å². The largest absolute Gasteiger partial charge is 0.379 e. The number of benzene rings is 1. The van der Waals surface area contributed by atoms with E-state index in [1.54, 1.807) is 6.07 Å². The average Bonchev–Trinajstić information content (AvgIpc) is 2.30. The van der Waals surface area contributed by atoms with E-state index in [1.807, 2.05) is 26.0 Å². The number of hydrogen-bond acceptors (Lipinski definition) is 2. The van der Waals surface area contributed by atoms with E-state index in [0.717, 1.165) is 31.6 Å². The van der Waals surface area contributed by atoms with Crippen LogP contribution in [0.4, 0.5) is 4.39 Å². The van der Waals surface area contributed by atoms with Gasteiger partial charge in [0.25, 0.3) is 0 Å². The SMILES string of the molecule is CC(C)OCCCCNCc1ccccc1F. The summed E-state index contributed by atoms with van der Waals surface area (Å²) in [5.41, 5.74) is 0.728. The maximum Gasteiger partial charge on any atom is 0.127 e. The summed E-state index contributed by atoms with van der Waals surface area (Å²) in [6.45, 7) is 6.37. The van der Waals surface area contributed by atoms with Crippen molar-refractivity contribution in [2.75, 3.05) is 13.2 Å². The van der Waals surface area contributed by atoms with Crippen molar-refractivity contribution in [3.05, 3.63) is 35.6 Å². The van der Waals surface area contributed by atoms with Gasteiger partial charge >= 0.3 is 0 Å². The Morgan fingerprint density at radius 3 is 2.71 bits per heavy atom. The Kier molecular flexibility index (Phi) is 6.82. The van der Waals surface area contributed by atoms with Gasteiger partial charge in [-0.3, -0.25) is 0 Å². The Hall–Kier alpha value is -0.930. The van der Waals surface area contributed by atoms with E-state index in [2.05, 4.69) is 5.32 Å². The molecule has 0 fully saturated rings. The molecule has 1 aromatic carbocycles. The molecule has 96 valence electrons. The van der Waals surface area contributed by atoms with E-state index >= 15 is 0 Å². The standard InChI is InChI=1S/C14H22FNO/c1-12(2)17-10-6-5-9-16-11-13-7-3-4-8-14(13)15/h3-4,7-8,12,16H,5-6,9-11H2,1-2H3. The maximum absolute atomic E-state index is 13.2. The monoisotopic (exact) mass is 239 g/mol. The summed E-state index contributed by atoms with van der Waals surface area (Å²) in [6.07, 6.45) is 2.41. The van der Waals surface area contributed by atoms with Gasteiger partial charge in [-0.25, -0.2) is 4.39 Å². The van der Waals surface area contributed by atoms with Crippen LogP contribution >= 0.6 is 0 Å². The molecule has 3 heteroatoms. The molecule has 1 rings (SSSR count). The molecule has 0 aromatic heterocycles. The molecule has 0 bridgehead atoms. The summed E-state index contributed by atoms with van der Waals surface area (Å²) in [7, 11) is 0. The molecule has 2 nitrogen and oxygen atoms in total. The van der Waals surface area contributed by atoms with Crippen LogP contribution in [-0.4, -0.2) is 19.3 Å². The van der Waals surface area contributed by atoms with Gasteiger partial charge in [-0.1, -0.05) is 18.2 Å². The Morgan fingerprint density at radius 2 is 2.00 bits per heavy atom. The Balaban J connectivity index is 2.03. The van der Waals surface area contributed by atoms with Crippen molar-refractivity contribution in [2.24, 2.45) is 0 Å². The highest BCUT2D eigenvalue weighted by atomic mass is 19.1. The number of ether oxygens (including phenoxy) is 1. The zero-order valence-corrected chi connectivity index (χ0v) is 10.7. The van der Waals surface area contributed by atoms with E-state index in [-0.39, 0.29) is 5.82 Å². The van der Waals surface area contributed by atoms with Crippen LogP contribution in [0.15, 0.2) is 24.3 Å². The lowest BCUT2D eigenvalue weighted by Gasteiger charge is -2.08. The lowest BCUT2D eigenvalue weighted by atomic mass is 10.2. The molecule has 0 amide bonds. The normalized spacial score (nSPS) is 11.1. The average molecular weight is 239 g/mol. The van der Waals surface area contributed by atoms with Crippen LogP contribution < -0.4 is 5.32 Å². The van der Waals surface area contributed by atoms with Crippen LogP contribution in [0.1, 0.15) is 32.3 Å². The summed E-state index contributed by atoms with van der Waals surface area (Å²) in [4.78, 5) is 0. The molecule has 17 heavy (non-hydrogen) atoms. The smallest absolute Gasteiger partial charge is 0.127 e. The maximum atomic E-state index is 13.2. The quantitative estimate of drug-likeness (QED) is 0.704. The molecule has 0 saturated heterocycles.